The number of hydrogen-bond donors (Lipinski definition) is 2. The zero-order valence-electron chi connectivity index (χ0n) is 6.29. The summed E-state index contributed by atoms with van der Waals surface area (Å²) in [6, 6.07) is 0. The van der Waals surface area contributed by atoms with Crippen LogP contribution >= 0.6 is 0 Å². The van der Waals surface area contributed by atoms with Crippen LogP contribution in [0.3, 0.4) is 0 Å². The molecule has 0 aliphatic carbocycles. The molecule has 60 valence electrons. The zero-order chi connectivity index (χ0) is 8.27. The molecule has 0 amide bonds. The summed E-state index contributed by atoms with van der Waals surface area (Å²) >= 11 is 0. The van der Waals surface area contributed by atoms with E-state index in [4.69, 9.17) is 5.11 Å². The Balaban J connectivity index is 2.65. The number of carboxylic acid groups (broad SMARTS) is 1. The summed E-state index contributed by atoms with van der Waals surface area (Å²) in [5.74, 6) is -0.00227. The molecule has 1 aromatic heterocycles. The van der Waals surface area contributed by atoms with Gasteiger partial charge in [-0.05, 0) is 0 Å². The average Bonchev–Trinajstić information content (AvgIpc) is 2.34. The molecule has 11 heavy (non-hydrogen) atoms. The van der Waals surface area contributed by atoms with Gasteiger partial charge in [-0.3, -0.25) is 4.79 Å². The van der Waals surface area contributed by atoms with Crippen LogP contribution in [0, 0.1) is 0 Å². The van der Waals surface area contributed by atoms with Gasteiger partial charge in [-0.2, -0.15) is 0 Å². The molecular formula is C7H10N2O2. The second-order valence-corrected chi connectivity index (χ2v) is 2.28. The molecule has 1 rings (SSSR count). The Morgan fingerprint density at radius 2 is 2.55 bits per heavy atom. The van der Waals surface area contributed by atoms with E-state index in [-0.39, 0.29) is 6.42 Å². The first-order valence-corrected chi connectivity index (χ1v) is 3.47. The van der Waals surface area contributed by atoms with Gasteiger partial charge in [0.15, 0.2) is 0 Å². The van der Waals surface area contributed by atoms with Gasteiger partial charge < -0.3 is 10.1 Å². The third-order valence-electron chi connectivity index (χ3n) is 1.36. The maximum absolute atomic E-state index is 10.2. The van der Waals surface area contributed by atoms with Crippen molar-refractivity contribution in [3.8, 4) is 0 Å². The van der Waals surface area contributed by atoms with Crippen LogP contribution in [0.1, 0.15) is 18.4 Å². The normalized spacial score (nSPS) is 9.91. The molecule has 0 unspecified atom stereocenters. The maximum atomic E-state index is 10.2. The topological polar surface area (TPSA) is 66.0 Å². The van der Waals surface area contributed by atoms with Crippen LogP contribution in [0.4, 0.5) is 0 Å². The lowest BCUT2D eigenvalue weighted by atomic mass is 10.3. The second-order valence-electron chi connectivity index (χ2n) is 2.28. The SMILES string of the molecule is CCc1ncc(CC(=O)O)[nH]1. The largest absolute Gasteiger partial charge is 0.481 e. The Hall–Kier alpha value is -1.32. The number of hydrogen-bond acceptors (Lipinski definition) is 2. The summed E-state index contributed by atoms with van der Waals surface area (Å²) in [5, 5.41) is 8.40. The Kier molecular flexibility index (Phi) is 2.25. The van der Waals surface area contributed by atoms with Crippen LogP contribution in [0.15, 0.2) is 6.20 Å². The van der Waals surface area contributed by atoms with Gasteiger partial charge in [0.05, 0.1) is 6.42 Å². The summed E-state index contributed by atoms with van der Waals surface area (Å²) < 4.78 is 0. The third-order valence-corrected chi connectivity index (χ3v) is 1.36. The molecule has 0 saturated heterocycles. The smallest absolute Gasteiger partial charge is 0.309 e. The number of carbonyl (C=O) groups is 1. The van der Waals surface area contributed by atoms with Crippen molar-refractivity contribution in [2.75, 3.05) is 0 Å². The molecule has 2 N–H and O–H groups in total. The number of aromatic amines is 1. The van der Waals surface area contributed by atoms with Crippen LogP contribution in [0.2, 0.25) is 0 Å². The van der Waals surface area contributed by atoms with Crippen molar-refractivity contribution in [2.45, 2.75) is 19.8 Å². The van der Waals surface area contributed by atoms with Gasteiger partial charge in [0.1, 0.15) is 5.82 Å². The molecule has 0 aromatic carbocycles. The van der Waals surface area contributed by atoms with E-state index >= 15 is 0 Å². The molecule has 1 aromatic rings. The first kappa shape index (κ1) is 7.78. The lowest BCUT2D eigenvalue weighted by molar-refractivity contribution is -0.136. The van der Waals surface area contributed by atoms with Gasteiger partial charge >= 0.3 is 5.97 Å². The van der Waals surface area contributed by atoms with E-state index in [2.05, 4.69) is 9.97 Å². The number of nitrogens with one attached hydrogen (secondary N) is 1. The van der Waals surface area contributed by atoms with E-state index in [0.717, 1.165) is 12.2 Å². The fourth-order valence-electron chi connectivity index (χ4n) is 0.838. The predicted molar refractivity (Wildman–Crippen MR) is 39.3 cm³/mol. The zero-order valence-corrected chi connectivity index (χ0v) is 6.29. The van der Waals surface area contributed by atoms with Crippen LogP contribution in [-0.4, -0.2) is 21.0 Å². The Bertz CT molecular complexity index is 255. The van der Waals surface area contributed by atoms with Crippen LogP contribution in [0.5, 0.6) is 0 Å². The fourth-order valence-corrected chi connectivity index (χ4v) is 0.838. The van der Waals surface area contributed by atoms with Gasteiger partial charge in [0, 0.05) is 18.3 Å². The van der Waals surface area contributed by atoms with E-state index < -0.39 is 5.97 Å². The van der Waals surface area contributed by atoms with Crippen LogP contribution in [-0.2, 0) is 17.6 Å². The van der Waals surface area contributed by atoms with Crippen molar-refractivity contribution >= 4 is 5.97 Å². The number of carboxylic acids is 1. The lowest BCUT2D eigenvalue weighted by Gasteiger charge is -1.88. The molecule has 0 radical (unpaired) electrons. The highest BCUT2D eigenvalue weighted by Gasteiger charge is 2.02. The molecule has 0 atom stereocenters. The van der Waals surface area contributed by atoms with Gasteiger partial charge in [-0.1, -0.05) is 6.92 Å². The van der Waals surface area contributed by atoms with Crippen molar-refractivity contribution in [2.24, 2.45) is 0 Å². The molecule has 0 saturated carbocycles. The standard InChI is InChI=1S/C7H10N2O2/c1-2-6-8-4-5(9-6)3-7(10)11/h4H,2-3H2,1H3,(H,8,9)(H,10,11). The number of aliphatic carboxylic acids is 1. The number of nitrogens with zero attached hydrogens (tertiary/aromatic N) is 1. The molecule has 4 nitrogen and oxygen atoms in total. The number of rotatable bonds is 3. The minimum Gasteiger partial charge on any atom is -0.481 e. The Morgan fingerprint density at radius 1 is 1.82 bits per heavy atom. The quantitative estimate of drug-likeness (QED) is 0.670. The fraction of sp³-hybridized carbons (Fsp3) is 0.429. The van der Waals surface area contributed by atoms with E-state index in [0.29, 0.717) is 5.69 Å². The Labute approximate surface area is 64.3 Å². The summed E-state index contributed by atoms with van der Waals surface area (Å²) in [5.41, 5.74) is 0.661. The van der Waals surface area contributed by atoms with Gasteiger partial charge in [-0.15, -0.1) is 0 Å². The molecule has 4 heteroatoms. The molecule has 0 spiro atoms. The number of imidazole rings is 1. The highest BCUT2D eigenvalue weighted by atomic mass is 16.4. The van der Waals surface area contributed by atoms with Gasteiger partial charge in [0.25, 0.3) is 0 Å². The van der Waals surface area contributed by atoms with Crippen molar-refractivity contribution in [1.82, 2.24) is 9.97 Å². The first-order chi connectivity index (χ1) is 5.22. The Morgan fingerprint density at radius 3 is 3.00 bits per heavy atom. The second kappa shape index (κ2) is 3.18. The molecule has 0 aliphatic rings. The minimum absolute atomic E-state index is 0.0208. The third kappa shape index (κ3) is 2.07. The molecule has 0 aliphatic heterocycles. The van der Waals surface area contributed by atoms with Crippen molar-refractivity contribution < 1.29 is 9.90 Å². The number of aromatic nitrogens is 2. The minimum atomic E-state index is -0.837. The van der Waals surface area contributed by atoms with E-state index in [1.165, 1.54) is 0 Å². The molecule has 0 bridgehead atoms. The summed E-state index contributed by atoms with van der Waals surface area (Å²) in [7, 11) is 0. The van der Waals surface area contributed by atoms with E-state index in [1.807, 2.05) is 6.92 Å². The maximum Gasteiger partial charge on any atom is 0.309 e. The molecule has 1 heterocycles. The van der Waals surface area contributed by atoms with Crippen molar-refractivity contribution in [3.05, 3.63) is 17.7 Å². The number of H-pyrrole nitrogens is 1. The lowest BCUT2D eigenvalue weighted by Crippen LogP contribution is -2.00. The van der Waals surface area contributed by atoms with Crippen LogP contribution in [0.25, 0.3) is 0 Å². The van der Waals surface area contributed by atoms with E-state index in [1.54, 1.807) is 6.20 Å². The monoisotopic (exact) mass is 154 g/mol. The first-order valence-electron chi connectivity index (χ1n) is 3.47. The number of aryl methyl sites for hydroxylation is 1. The summed E-state index contributed by atoms with van der Waals surface area (Å²) in [4.78, 5) is 17.1. The van der Waals surface area contributed by atoms with Gasteiger partial charge in [-0.25, -0.2) is 4.98 Å². The molecule has 0 fully saturated rings. The van der Waals surface area contributed by atoms with Crippen molar-refractivity contribution in [1.29, 1.82) is 0 Å². The molecular weight excluding hydrogens is 144 g/mol. The highest BCUT2D eigenvalue weighted by molar-refractivity contribution is 5.69. The average molecular weight is 154 g/mol. The highest BCUT2D eigenvalue weighted by Crippen LogP contribution is 1.98. The summed E-state index contributed by atoms with van der Waals surface area (Å²) in [6.45, 7) is 1.96. The van der Waals surface area contributed by atoms with E-state index in [9.17, 15) is 4.79 Å². The predicted octanol–water partition coefficient (Wildman–Crippen LogP) is 0.599. The summed E-state index contributed by atoms with van der Waals surface area (Å²) in [6.07, 6.45) is 2.39. The van der Waals surface area contributed by atoms with Crippen molar-refractivity contribution in [3.63, 3.8) is 0 Å². The van der Waals surface area contributed by atoms with Gasteiger partial charge in [0.2, 0.25) is 0 Å². The van der Waals surface area contributed by atoms with Crippen LogP contribution < -0.4 is 0 Å².